The number of ether oxygens (including phenoxy) is 2. The molecule has 1 N–H and O–H groups in total. The molecule has 2 atom stereocenters. The van der Waals surface area contributed by atoms with Crippen LogP contribution < -0.4 is 10.1 Å². The number of carbonyl (C=O) groups excluding carboxylic acids is 1. The van der Waals surface area contributed by atoms with Crippen molar-refractivity contribution in [2.24, 2.45) is 0 Å². The van der Waals surface area contributed by atoms with Gasteiger partial charge in [-0.05, 0) is 61.8 Å². The maximum Gasteiger partial charge on any atom is 0.232 e. The van der Waals surface area contributed by atoms with Crippen molar-refractivity contribution in [1.29, 1.82) is 0 Å². The summed E-state index contributed by atoms with van der Waals surface area (Å²) >= 11 is 0. The van der Waals surface area contributed by atoms with Gasteiger partial charge in [0.15, 0.2) is 0 Å². The summed E-state index contributed by atoms with van der Waals surface area (Å²) in [5.74, 6) is 0.668. The van der Waals surface area contributed by atoms with Gasteiger partial charge in [0.1, 0.15) is 12.4 Å². The lowest BCUT2D eigenvalue weighted by molar-refractivity contribution is -0.117. The largest absolute Gasteiger partial charge is 0.489 e. The van der Waals surface area contributed by atoms with E-state index >= 15 is 0 Å². The summed E-state index contributed by atoms with van der Waals surface area (Å²) in [6.07, 6.45) is 6.50. The van der Waals surface area contributed by atoms with E-state index in [1.54, 1.807) is 0 Å². The van der Waals surface area contributed by atoms with Crippen molar-refractivity contribution in [2.45, 2.75) is 50.5 Å². The number of benzene rings is 2. The zero-order valence-corrected chi connectivity index (χ0v) is 15.7. The molecule has 4 nitrogen and oxygen atoms in total. The van der Waals surface area contributed by atoms with Gasteiger partial charge in [-0.25, -0.2) is 0 Å². The standard InChI is InChI=1S/C23H27NO3/c25-23(20-12-7-9-17-8-1-2-11-19(17)20)24-21-13-3-4-14-22(21)27-16-18-10-5-6-15-26-18/h1-4,8,11,13-14,18,20H,5-7,9-10,12,15-16H2,(H,24,25). The smallest absolute Gasteiger partial charge is 0.232 e. The molecule has 2 unspecified atom stereocenters. The Kier molecular flexibility index (Phi) is 5.73. The van der Waals surface area contributed by atoms with Crippen LogP contribution in [-0.2, 0) is 16.0 Å². The van der Waals surface area contributed by atoms with Crippen LogP contribution in [0.4, 0.5) is 5.69 Å². The molecule has 142 valence electrons. The minimum Gasteiger partial charge on any atom is -0.489 e. The number of hydrogen-bond acceptors (Lipinski definition) is 3. The zero-order valence-electron chi connectivity index (χ0n) is 15.7. The molecule has 0 spiro atoms. The molecule has 1 heterocycles. The topological polar surface area (TPSA) is 47.6 Å². The molecule has 1 aliphatic carbocycles. The summed E-state index contributed by atoms with van der Waals surface area (Å²) in [6, 6.07) is 16.0. The van der Waals surface area contributed by atoms with E-state index in [-0.39, 0.29) is 17.9 Å². The Morgan fingerprint density at radius 1 is 1.04 bits per heavy atom. The molecule has 0 saturated carbocycles. The molecule has 1 aliphatic heterocycles. The van der Waals surface area contributed by atoms with E-state index in [9.17, 15) is 4.79 Å². The molecule has 2 aliphatic rings. The zero-order chi connectivity index (χ0) is 18.5. The average Bonchev–Trinajstić information content (AvgIpc) is 2.73. The van der Waals surface area contributed by atoms with E-state index in [1.807, 2.05) is 30.3 Å². The van der Waals surface area contributed by atoms with Crippen LogP contribution in [0.25, 0.3) is 0 Å². The highest BCUT2D eigenvalue weighted by atomic mass is 16.5. The number of fused-ring (bicyclic) bond motifs is 1. The number of nitrogens with one attached hydrogen (secondary N) is 1. The van der Waals surface area contributed by atoms with E-state index in [1.165, 1.54) is 12.0 Å². The van der Waals surface area contributed by atoms with Gasteiger partial charge < -0.3 is 14.8 Å². The quantitative estimate of drug-likeness (QED) is 0.836. The fourth-order valence-corrected chi connectivity index (χ4v) is 4.06. The minimum atomic E-state index is -0.0929. The Morgan fingerprint density at radius 2 is 1.89 bits per heavy atom. The average molecular weight is 365 g/mol. The van der Waals surface area contributed by atoms with Crippen LogP contribution >= 0.6 is 0 Å². The van der Waals surface area contributed by atoms with Crippen molar-refractivity contribution in [3.05, 3.63) is 59.7 Å². The number of carbonyl (C=O) groups is 1. The second-order valence-corrected chi connectivity index (χ2v) is 7.43. The Balaban J connectivity index is 1.44. The first-order valence-electron chi connectivity index (χ1n) is 10.0. The van der Waals surface area contributed by atoms with Gasteiger partial charge >= 0.3 is 0 Å². The van der Waals surface area contributed by atoms with E-state index in [4.69, 9.17) is 9.47 Å². The third-order valence-corrected chi connectivity index (χ3v) is 5.53. The van der Waals surface area contributed by atoms with Crippen molar-refractivity contribution < 1.29 is 14.3 Å². The highest BCUT2D eigenvalue weighted by molar-refractivity contribution is 5.97. The highest BCUT2D eigenvalue weighted by Crippen LogP contribution is 2.33. The fraction of sp³-hybridized carbons (Fsp3) is 0.435. The monoisotopic (exact) mass is 365 g/mol. The van der Waals surface area contributed by atoms with Gasteiger partial charge in [0.05, 0.1) is 17.7 Å². The Labute approximate surface area is 160 Å². The number of aryl methyl sites for hydroxylation is 1. The van der Waals surface area contributed by atoms with Crippen molar-refractivity contribution in [1.82, 2.24) is 0 Å². The molecule has 2 aromatic rings. The van der Waals surface area contributed by atoms with Gasteiger partial charge in [-0.15, -0.1) is 0 Å². The van der Waals surface area contributed by atoms with Crippen molar-refractivity contribution in [2.75, 3.05) is 18.5 Å². The predicted molar refractivity (Wildman–Crippen MR) is 106 cm³/mol. The lowest BCUT2D eigenvalue weighted by Crippen LogP contribution is -2.27. The van der Waals surface area contributed by atoms with Gasteiger partial charge in [0.2, 0.25) is 5.91 Å². The highest BCUT2D eigenvalue weighted by Gasteiger charge is 2.26. The normalized spacial score (nSPS) is 21.9. The Morgan fingerprint density at radius 3 is 2.78 bits per heavy atom. The van der Waals surface area contributed by atoms with E-state index in [0.29, 0.717) is 12.4 Å². The van der Waals surface area contributed by atoms with Crippen LogP contribution in [0.3, 0.4) is 0 Å². The minimum absolute atomic E-state index is 0.0483. The Hall–Kier alpha value is -2.33. The summed E-state index contributed by atoms with van der Waals surface area (Å²) in [5.41, 5.74) is 3.19. The first kappa shape index (κ1) is 18.1. The summed E-state index contributed by atoms with van der Waals surface area (Å²) < 4.78 is 11.7. The summed E-state index contributed by atoms with van der Waals surface area (Å²) in [5, 5.41) is 3.10. The third kappa shape index (κ3) is 4.33. The van der Waals surface area contributed by atoms with E-state index < -0.39 is 0 Å². The molecule has 1 amide bonds. The molecule has 0 radical (unpaired) electrons. The van der Waals surface area contributed by atoms with Crippen LogP contribution in [-0.4, -0.2) is 25.2 Å². The molecule has 4 rings (SSSR count). The van der Waals surface area contributed by atoms with Crippen LogP contribution in [0.1, 0.15) is 49.1 Å². The maximum absolute atomic E-state index is 13.0. The maximum atomic E-state index is 13.0. The molecule has 27 heavy (non-hydrogen) atoms. The number of anilines is 1. The van der Waals surface area contributed by atoms with Crippen LogP contribution in [0.2, 0.25) is 0 Å². The predicted octanol–water partition coefficient (Wildman–Crippen LogP) is 4.69. The van der Waals surface area contributed by atoms with E-state index in [2.05, 4.69) is 23.5 Å². The van der Waals surface area contributed by atoms with Crippen molar-refractivity contribution >= 4 is 11.6 Å². The van der Waals surface area contributed by atoms with Gasteiger partial charge in [0, 0.05) is 6.61 Å². The van der Waals surface area contributed by atoms with E-state index in [0.717, 1.165) is 50.0 Å². The molecule has 2 aromatic carbocycles. The first-order chi connectivity index (χ1) is 13.3. The van der Waals surface area contributed by atoms with Crippen molar-refractivity contribution in [3.63, 3.8) is 0 Å². The molecular weight excluding hydrogens is 338 g/mol. The molecular formula is C23H27NO3. The lowest BCUT2D eigenvalue weighted by atomic mass is 9.82. The molecule has 1 saturated heterocycles. The van der Waals surface area contributed by atoms with Crippen LogP contribution in [0.5, 0.6) is 5.75 Å². The second-order valence-electron chi connectivity index (χ2n) is 7.43. The lowest BCUT2D eigenvalue weighted by Gasteiger charge is -2.25. The molecule has 4 heteroatoms. The molecule has 1 fully saturated rings. The number of para-hydroxylation sites is 2. The van der Waals surface area contributed by atoms with Crippen LogP contribution in [0, 0.1) is 0 Å². The van der Waals surface area contributed by atoms with Crippen molar-refractivity contribution in [3.8, 4) is 5.75 Å². The van der Waals surface area contributed by atoms with Gasteiger partial charge in [-0.1, -0.05) is 36.4 Å². The summed E-state index contributed by atoms with van der Waals surface area (Å²) in [6.45, 7) is 1.34. The van der Waals surface area contributed by atoms with Gasteiger partial charge in [-0.3, -0.25) is 4.79 Å². The SMILES string of the molecule is O=C(Nc1ccccc1OCC1CCCCO1)C1CCCc2ccccc21. The summed E-state index contributed by atoms with van der Waals surface area (Å²) in [7, 11) is 0. The first-order valence-corrected chi connectivity index (χ1v) is 10.0. The number of amides is 1. The molecule has 0 aromatic heterocycles. The number of rotatable bonds is 5. The second kappa shape index (κ2) is 8.57. The Bertz CT molecular complexity index is 783. The van der Waals surface area contributed by atoms with Crippen LogP contribution in [0.15, 0.2) is 48.5 Å². The van der Waals surface area contributed by atoms with Gasteiger partial charge in [-0.2, -0.15) is 0 Å². The molecule has 0 bridgehead atoms. The third-order valence-electron chi connectivity index (χ3n) is 5.53. The van der Waals surface area contributed by atoms with Gasteiger partial charge in [0.25, 0.3) is 0 Å². The summed E-state index contributed by atoms with van der Waals surface area (Å²) in [4.78, 5) is 13.0. The fourth-order valence-electron chi connectivity index (χ4n) is 4.06. The number of hydrogen-bond donors (Lipinski definition) is 1.